The molecule has 0 amide bonds. The molecule has 0 N–H and O–H groups in total. The van der Waals surface area contributed by atoms with Crippen LogP contribution in [0.4, 0.5) is 0 Å². The number of alkyl halides is 1. The molecule has 4 nitrogen and oxygen atoms in total. The van der Waals surface area contributed by atoms with Gasteiger partial charge in [0.2, 0.25) is 10.0 Å². The molecule has 0 bridgehead atoms. The first-order valence-electron chi connectivity index (χ1n) is 5.04. The number of nitrogens with zero attached hydrogens (tertiary/aromatic N) is 1. The van der Waals surface area contributed by atoms with Crippen LogP contribution in [0.3, 0.4) is 0 Å². The van der Waals surface area contributed by atoms with Crippen molar-refractivity contribution < 1.29 is 13.2 Å². The van der Waals surface area contributed by atoms with Crippen LogP contribution in [0, 0.1) is 6.92 Å². The Bertz CT molecular complexity index is 487. The molecule has 1 aromatic rings. The van der Waals surface area contributed by atoms with Crippen molar-refractivity contribution in [2.45, 2.75) is 13.5 Å². The molecule has 6 heteroatoms. The average Bonchev–Trinajstić information content (AvgIpc) is 2.29. The molecule has 1 rings (SSSR count). The summed E-state index contributed by atoms with van der Waals surface area (Å²) in [6, 6.07) is 5.71. The van der Waals surface area contributed by atoms with Gasteiger partial charge in [0, 0.05) is 19.2 Å². The first-order chi connectivity index (χ1) is 7.90. The minimum Gasteiger partial charge on any atom is -0.496 e. The number of benzene rings is 1. The molecule has 0 spiro atoms. The van der Waals surface area contributed by atoms with E-state index in [0.717, 1.165) is 11.1 Å². The molecule has 0 aliphatic heterocycles. The van der Waals surface area contributed by atoms with E-state index in [1.165, 1.54) is 4.31 Å². The number of sulfonamides is 1. The smallest absolute Gasteiger partial charge is 0.224 e. The van der Waals surface area contributed by atoms with Crippen molar-refractivity contribution in [3.8, 4) is 5.75 Å². The van der Waals surface area contributed by atoms with Crippen molar-refractivity contribution >= 4 is 26.0 Å². The van der Waals surface area contributed by atoms with Gasteiger partial charge in [0.15, 0.2) is 0 Å². The maximum absolute atomic E-state index is 11.6. The lowest BCUT2D eigenvalue weighted by molar-refractivity contribution is 0.398. The zero-order valence-corrected chi connectivity index (χ0v) is 12.5. The van der Waals surface area contributed by atoms with Gasteiger partial charge in [-0.15, -0.1) is 0 Å². The molecule has 0 atom stereocenters. The molecule has 96 valence electrons. The SMILES string of the molecule is COc1ccc(C)cc1CN(C)S(=O)(=O)CBr. The van der Waals surface area contributed by atoms with Crippen LogP contribution in [0.2, 0.25) is 0 Å². The van der Waals surface area contributed by atoms with Gasteiger partial charge in [-0.3, -0.25) is 0 Å². The van der Waals surface area contributed by atoms with Crippen molar-refractivity contribution in [1.29, 1.82) is 0 Å². The van der Waals surface area contributed by atoms with Crippen LogP contribution >= 0.6 is 15.9 Å². The second-order valence-corrected chi connectivity index (χ2v) is 7.17. The highest BCUT2D eigenvalue weighted by atomic mass is 79.9. The number of hydrogen-bond donors (Lipinski definition) is 0. The molecule has 17 heavy (non-hydrogen) atoms. The van der Waals surface area contributed by atoms with Gasteiger partial charge >= 0.3 is 0 Å². The number of aryl methyl sites for hydroxylation is 1. The van der Waals surface area contributed by atoms with Crippen LogP contribution in [-0.4, -0.2) is 31.5 Å². The van der Waals surface area contributed by atoms with E-state index in [0.29, 0.717) is 12.3 Å². The minimum atomic E-state index is -3.24. The van der Waals surface area contributed by atoms with Crippen molar-refractivity contribution in [2.24, 2.45) is 0 Å². The molecule has 1 aromatic carbocycles. The third-order valence-corrected chi connectivity index (χ3v) is 5.53. The van der Waals surface area contributed by atoms with E-state index >= 15 is 0 Å². The Morgan fingerprint density at radius 2 is 2.06 bits per heavy atom. The maximum Gasteiger partial charge on any atom is 0.224 e. The monoisotopic (exact) mass is 321 g/mol. The van der Waals surface area contributed by atoms with Crippen molar-refractivity contribution in [1.82, 2.24) is 4.31 Å². The lowest BCUT2D eigenvalue weighted by Gasteiger charge is -2.17. The van der Waals surface area contributed by atoms with Gasteiger partial charge in [-0.25, -0.2) is 8.42 Å². The van der Waals surface area contributed by atoms with E-state index in [1.807, 2.05) is 25.1 Å². The molecule has 0 heterocycles. The van der Waals surface area contributed by atoms with Gasteiger partial charge in [-0.1, -0.05) is 33.6 Å². The van der Waals surface area contributed by atoms with Crippen molar-refractivity contribution in [2.75, 3.05) is 18.8 Å². The molecule has 0 aliphatic rings. The van der Waals surface area contributed by atoms with Gasteiger partial charge in [-0.05, 0) is 13.0 Å². The van der Waals surface area contributed by atoms with Crippen LogP contribution in [-0.2, 0) is 16.6 Å². The second-order valence-electron chi connectivity index (χ2n) is 3.79. The summed E-state index contributed by atoms with van der Waals surface area (Å²) in [4.78, 5) is 0. The fourth-order valence-corrected chi connectivity index (χ4v) is 3.00. The minimum absolute atomic E-state index is 0.0787. The van der Waals surface area contributed by atoms with Gasteiger partial charge < -0.3 is 4.74 Å². The third-order valence-electron chi connectivity index (χ3n) is 2.44. The summed E-state index contributed by atoms with van der Waals surface area (Å²) < 4.78 is 29.7. The van der Waals surface area contributed by atoms with Crippen LogP contribution < -0.4 is 4.74 Å². The average molecular weight is 322 g/mol. The van der Waals surface area contributed by atoms with Gasteiger partial charge in [0.1, 0.15) is 10.4 Å². The van der Waals surface area contributed by atoms with E-state index < -0.39 is 10.0 Å². The molecule has 0 aliphatic carbocycles. The quantitative estimate of drug-likeness (QED) is 0.780. The largest absolute Gasteiger partial charge is 0.496 e. The van der Waals surface area contributed by atoms with E-state index in [-0.39, 0.29) is 4.66 Å². The van der Waals surface area contributed by atoms with Crippen LogP contribution in [0.15, 0.2) is 18.2 Å². The van der Waals surface area contributed by atoms with Crippen LogP contribution in [0.1, 0.15) is 11.1 Å². The van der Waals surface area contributed by atoms with E-state index in [1.54, 1.807) is 14.2 Å². The number of ether oxygens (including phenoxy) is 1. The number of halogens is 1. The van der Waals surface area contributed by atoms with Gasteiger partial charge in [0.05, 0.1) is 7.11 Å². The Labute approximate surface area is 111 Å². The number of methoxy groups -OCH3 is 1. The summed E-state index contributed by atoms with van der Waals surface area (Å²) >= 11 is 2.97. The molecule has 0 saturated carbocycles. The molecule has 0 saturated heterocycles. The molecule has 0 aromatic heterocycles. The Kier molecular flexibility index (Phi) is 4.97. The van der Waals surface area contributed by atoms with Crippen LogP contribution in [0.25, 0.3) is 0 Å². The third kappa shape index (κ3) is 3.69. The highest BCUT2D eigenvalue weighted by molar-refractivity contribution is 9.10. The molecule has 0 unspecified atom stereocenters. The fraction of sp³-hybridized carbons (Fsp3) is 0.455. The highest BCUT2D eigenvalue weighted by Gasteiger charge is 2.17. The molecular weight excluding hydrogens is 306 g/mol. The fourth-order valence-electron chi connectivity index (χ4n) is 1.45. The summed E-state index contributed by atoms with van der Waals surface area (Å²) in [5, 5.41) is 0. The Morgan fingerprint density at radius 3 is 2.59 bits per heavy atom. The van der Waals surface area contributed by atoms with E-state index in [2.05, 4.69) is 15.9 Å². The number of hydrogen-bond acceptors (Lipinski definition) is 3. The second kappa shape index (κ2) is 5.84. The summed E-state index contributed by atoms with van der Waals surface area (Å²) in [5.74, 6) is 0.701. The van der Waals surface area contributed by atoms with E-state index in [9.17, 15) is 8.42 Å². The summed E-state index contributed by atoms with van der Waals surface area (Å²) in [6.07, 6.45) is 0. The Hall–Kier alpha value is -0.590. The molecule has 0 fully saturated rings. The Balaban J connectivity index is 2.99. The highest BCUT2D eigenvalue weighted by Crippen LogP contribution is 2.22. The predicted molar refractivity (Wildman–Crippen MR) is 71.9 cm³/mol. The summed E-state index contributed by atoms with van der Waals surface area (Å²) in [7, 11) is -0.109. The molecule has 0 radical (unpaired) electrons. The van der Waals surface area contributed by atoms with Crippen molar-refractivity contribution in [3.63, 3.8) is 0 Å². The predicted octanol–water partition coefficient (Wildman–Crippen LogP) is 2.12. The number of rotatable bonds is 5. The van der Waals surface area contributed by atoms with Gasteiger partial charge in [-0.2, -0.15) is 4.31 Å². The first-order valence-corrected chi connectivity index (χ1v) is 7.77. The topological polar surface area (TPSA) is 46.6 Å². The lowest BCUT2D eigenvalue weighted by atomic mass is 10.1. The van der Waals surface area contributed by atoms with E-state index in [4.69, 9.17) is 4.74 Å². The lowest BCUT2D eigenvalue weighted by Crippen LogP contribution is -2.27. The van der Waals surface area contributed by atoms with Crippen molar-refractivity contribution in [3.05, 3.63) is 29.3 Å². The summed E-state index contributed by atoms with van der Waals surface area (Å²) in [5.41, 5.74) is 1.94. The normalized spacial score (nSPS) is 11.8. The maximum atomic E-state index is 11.6. The zero-order chi connectivity index (χ0) is 13.1. The molecular formula is C11H16BrNO3S. The van der Waals surface area contributed by atoms with Gasteiger partial charge in [0.25, 0.3) is 0 Å². The Morgan fingerprint density at radius 1 is 1.41 bits per heavy atom. The van der Waals surface area contributed by atoms with Crippen LogP contribution in [0.5, 0.6) is 5.75 Å². The standard InChI is InChI=1S/C11H16BrNO3S/c1-9-4-5-11(16-3)10(6-9)7-13(2)17(14,15)8-12/h4-6H,7-8H2,1-3H3. The zero-order valence-electron chi connectivity index (χ0n) is 10.1. The first kappa shape index (κ1) is 14.5. The summed E-state index contributed by atoms with van der Waals surface area (Å²) in [6.45, 7) is 2.26.